The smallest absolute Gasteiger partial charge is 0.378 e. The van der Waals surface area contributed by atoms with Crippen LogP contribution in [0, 0.1) is 5.82 Å². The largest absolute Gasteiger partial charge is 0.416 e. The first-order valence-electron chi connectivity index (χ1n) is 8.96. The first-order chi connectivity index (χ1) is 14.1. The van der Waals surface area contributed by atoms with Gasteiger partial charge in [-0.05, 0) is 18.2 Å². The van der Waals surface area contributed by atoms with E-state index in [1.807, 2.05) is 4.90 Å². The lowest BCUT2D eigenvalue weighted by Crippen LogP contribution is -2.37. The fourth-order valence-electron chi connectivity index (χ4n) is 2.82. The number of halogens is 4. The fourth-order valence-corrected chi connectivity index (χ4v) is 2.82. The Balaban J connectivity index is 1.77. The lowest BCUT2D eigenvalue weighted by Gasteiger charge is -2.28. The number of nitrogens with zero attached hydrogens (tertiary/aromatic N) is 4. The van der Waals surface area contributed by atoms with Gasteiger partial charge in [-0.3, -0.25) is 0 Å². The van der Waals surface area contributed by atoms with Gasteiger partial charge < -0.3 is 25.2 Å². The second kappa shape index (κ2) is 8.69. The molecule has 1 aliphatic heterocycles. The van der Waals surface area contributed by atoms with Gasteiger partial charge in [0.15, 0.2) is 5.82 Å². The topological polar surface area (TPSA) is 82.6 Å². The number of rotatable bonds is 4. The van der Waals surface area contributed by atoms with Crippen LogP contribution in [0.5, 0.6) is 0 Å². The average molecular weight is 428 g/mol. The van der Waals surface area contributed by atoms with E-state index in [9.17, 15) is 22.4 Å². The number of hydrogen-bond acceptors (Lipinski definition) is 6. The summed E-state index contributed by atoms with van der Waals surface area (Å²) in [4.78, 5) is 24.6. The maximum atomic E-state index is 13.5. The van der Waals surface area contributed by atoms with E-state index in [-0.39, 0.29) is 11.4 Å². The van der Waals surface area contributed by atoms with E-state index >= 15 is 0 Å². The van der Waals surface area contributed by atoms with E-state index in [1.165, 1.54) is 6.20 Å². The molecule has 8 nitrogen and oxygen atoms in total. The Morgan fingerprint density at radius 2 is 1.87 bits per heavy atom. The molecule has 1 saturated heterocycles. The van der Waals surface area contributed by atoms with E-state index < -0.39 is 23.6 Å². The Morgan fingerprint density at radius 3 is 2.50 bits per heavy atom. The molecule has 0 atom stereocenters. The molecular weight excluding hydrogens is 408 g/mol. The third kappa shape index (κ3) is 5.26. The zero-order valence-electron chi connectivity index (χ0n) is 16.3. The molecule has 2 N–H and O–H groups in total. The Labute approximate surface area is 169 Å². The highest BCUT2D eigenvalue weighted by Gasteiger charge is 2.31. The number of carbonyl (C=O) groups excluding carboxylic acids is 1. The molecule has 0 unspecified atom stereocenters. The Bertz CT molecular complexity index is 916. The van der Waals surface area contributed by atoms with Crippen molar-refractivity contribution in [2.75, 3.05) is 60.8 Å². The molecule has 1 aliphatic rings. The zero-order chi connectivity index (χ0) is 21.9. The maximum Gasteiger partial charge on any atom is 0.416 e. The minimum Gasteiger partial charge on any atom is -0.378 e. The highest BCUT2D eigenvalue weighted by Crippen LogP contribution is 2.32. The van der Waals surface area contributed by atoms with Gasteiger partial charge in [-0.15, -0.1) is 0 Å². The predicted molar refractivity (Wildman–Crippen MR) is 103 cm³/mol. The van der Waals surface area contributed by atoms with Gasteiger partial charge >= 0.3 is 12.2 Å². The molecule has 12 heteroatoms. The lowest BCUT2D eigenvalue weighted by atomic mass is 10.2. The van der Waals surface area contributed by atoms with Crippen LogP contribution in [0.1, 0.15) is 5.56 Å². The highest BCUT2D eigenvalue weighted by molar-refractivity contribution is 6.01. The van der Waals surface area contributed by atoms with Crippen molar-refractivity contribution in [3.8, 4) is 0 Å². The average Bonchev–Trinajstić information content (AvgIpc) is 2.67. The normalized spacial score (nSPS) is 14.4. The van der Waals surface area contributed by atoms with E-state index in [0.29, 0.717) is 50.2 Å². The number of benzene rings is 1. The van der Waals surface area contributed by atoms with Crippen molar-refractivity contribution in [2.24, 2.45) is 0 Å². The molecule has 2 amide bonds. The van der Waals surface area contributed by atoms with E-state index in [1.54, 1.807) is 19.0 Å². The van der Waals surface area contributed by atoms with Crippen LogP contribution >= 0.6 is 0 Å². The SMILES string of the molecule is CN(C)c1nc(N2CCOCC2)ncc1NC(=O)Nc1cc(F)cc(C(F)(F)F)c1. The van der Waals surface area contributed by atoms with Gasteiger partial charge in [-0.2, -0.15) is 18.2 Å². The summed E-state index contributed by atoms with van der Waals surface area (Å²) in [6.07, 6.45) is -3.34. The van der Waals surface area contributed by atoms with Gasteiger partial charge in [0, 0.05) is 32.9 Å². The summed E-state index contributed by atoms with van der Waals surface area (Å²) >= 11 is 0. The van der Waals surface area contributed by atoms with Crippen LogP contribution in [0.4, 0.5) is 45.5 Å². The molecule has 1 aromatic carbocycles. The second-order valence-electron chi connectivity index (χ2n) is 6.71. The number of anilines is 4. The molecule has 2 aromatic rings. The Hall–Kier alpha value is -3.15. The van der Waals surface area contributed by atoms with Crippen LogP contribution in [-0.2, 0) is 10.9 Å². The van der Waals surface area contributed by atoms with E-state index in [0.717, 1.165) is 6.07 Å². The van der Waals surface area contributed by atoms with Crippen molar-refractivity contribution in [1.82, 2.24) is 9.97 Å². The van der Waals surface area contributed by atoms with Crippen molar-refractivity contribution in [2.45, 2.75) is 6.18 Å². The van der Waals surface area contributed by atoms with Crippen LogP contribution in [-0.4, -0.2) is 56.4 Å². The van der Waals surface area contributed by atoms with Crippen LogP contribution < -0.4 is 20.4 Å². The van der Waals surface area contributed by atoms with Gasteiger partial charge in [-0.1, -0.05) is 0 Å². The number of alkyl halides is 3. The van der Waals surface area contributed by atoms with Gasteiger partial charge in [0.2, 0.25) is 5.95 Å². The van der Waals surface area contributed by atoms with Crippen LogP contribution in [0.15, 0.2) is 24.4 Å². The molecule has 162 valence electrons. The van der Waals surface area contributed by atoms with Crippen LogP contribution in [0.2, 0.25) is 0 Å². The first-order valence-corrected chi connectivity index (χ1v) is 8.96. The lowest BCUT2D eigenvalue weighted by molar-refractivity contribution is -0.137. The summed E-state index contributed by atoms with van der Waals surface area (Å²) in [7, 11) is 3.44. The van der Waals surface area contributed by atoms with Crippen molar-refractivity contribution in [1.29, 1.82) is 0 Å². The minimum atomic E-state index is -4.74. The van der Waals surface area contributed by atoms with Crippen LogP contribution in [0.25, 0.3) is 0 Å². The number of amides is 2. The van der Waals surface area contributed by atoms with E-state index in [4.69, 9.17) is 4.74 Å². The number of carbonyl (C=O) groups is 1. The molecule has 3 rings (SSSR count). The highest BCUT2D eigenvalue weighted by atomic mass is 19.4. The first kappa shape index (κ1) is 21.6. The third-order valence-corrected chi connectivity index (χ3v) is 4.20. The molecule has 1 fully saturated rings. The molecule has 0 spiro atoms. The monoisotopic (exact) mass is 428 g/mol. The van der Waals surface area contributed by atoms with Gasteiger partial charge in [0.25, 0.3) is 0 Å². The number of ether oxygens (including phenoxy) is 1. The van der Waals surface area contributed by atoms with E-state index in [2.05, 4.69) is 20.6 Å². The number of hydrogen-bond donors (Lipinski definition) is 2. The predicted octanol–water partition coefficient (Wildman–Crippen LogP) is 3.18. The molecule has 0 saturated carbocycles. The number of urea groups is 1. The molecule has 0 radical (unpaired) electrons. The summed E-state index contributed by atoms with van der Waals surface area (Å²) in [5, 5.41) is 4.68. The van der Waals surface area contributed by atoms with Gasteiger partial charge in [0.1, 0.15) is 11.5 Å². The standard InChI is InChI=1S/C18H20F4N6O2/c1-27(2)15-14(10-23-16(26-15)28-3-5-30-6-4-28)25-17(29)24-13-8-11(18(20,21)22)7-12(19)9-13/h7-10H,3-6H2,1-2H3,(H2,24,25,29). The second-order valence-corrected chi connectivity index (χ2v) is 6.71. The quantitative estimate of drug-likeness (QED) is 0.728. The molecule has 1 aromatic heterocycles. The molecule has 30 heavy (non-hydrogen) atoms. The number of nitrogens with one attached hydrogen (secondary N) is 2. The molecule has 0 aliphatic carbocycles. The van der Waals surface area contributed by atoms with Gasteiger partial charge in [0.05, 0.1) is 25.0 Å². The van der Waals surface area contributed by atoms with Crippen LogP contribution in [0.3, 0.4) is 0 Å². The number of aromatic nitrogens is 2. The summed E-state index contributed by atoms with van der Waals surface area (Å²) in [5.74, 6) is -0.253. The summed E-state index contributed by atoms with van der Waals surface area (Å²) < 4.78 is 57.3. The summed E-state index contributed by atoms with van der Waals surface area (Å²) in [6.45, 7) is 2.36. The zero-order valence-corrected chi connectivity index (χ0v) is 16.3. The van der Waals surface area contributed by atoms with Gasteiger partial charge in [-0.25, -0.2) is 14.2 Å². The fraction of sp³-hybridized carbons (Fsp3) is 0.389. The Kier molecular flexibility index (Phi) is 6.25. The molecule has 0 bridgehead atoms. The van der Waals surface area contributed by atoms with Crippen molar-refractivity contribution in [3.63, 3.8) is 0 Å². The Morgan fingerprint density at radius 1 is 1.17 bits per heavy atom. The minimum absolute atomic E-state index is 0.238. The number of morpholine rings is 1. The molecule has 2 heterocycles. The maximum absolute atomic E-state index is 13.5. The molecular formula is C18H20F4N6O2. The van der Waals surface area contributed by atoms with Crippen molar-refractivity contribution < 1.29 is 27.1 Å². The summed E-state index contributed by atoms with van der Waals surface area (Å²) in [5.41, 5.74) is -1.30. The summed E-state index contributed by atoms with van der Waals surface area (Å²) in [6, 6.07) is 0.929. The van der Waals surface area contributed by atoms with Crippen molar-refractivity contribution >= 4 is 29.2 Å². The van der Waals surface area contributed by atoms with Crippen molar-refractivity contribution in [3.05, 3.63) is 35.8 Å². The third-order valence-electron chi connectivity index (χ3n) is 4.20.